The zero-order valence-electron chi connectivity index (χ0n) is 8.28. The van der Waals surface area contributed by atoms with Crippen LogP contribution in [0.3, 0.4) is 0 Å². The van der Waals surface area contributed by atoms with Gasteiger partial charge in [-0.2, -0.15) is 0 Å². The summed E-state index contributed by atoms with van der Waals surface area (Å²) in [6.07, 6.45) is 0. The molecular weight excluding hydrogens is 194 g/mol. The highest BCUT2D eigenvalue weighted by Crippen LogP contribution is 2.12. The minimum atomic E-state index is -0.402. The van der Waals surface area contributed by atoms with E-state index in [0.29, 0.717) is 23.1 Å². The van der Waals surface area contributed by atoms with Crippen molar-refractivity contribution in [2.75, 3.05) is 5.73 Å². The van der Waals surface area contributed by atoms with Crippen molar-refractivity contribution in [3.05, 3.63) is 39.0 Å². The Kier molecular flexibility index (Phi) is 2.07. The van der Waals surface area contributed by atoms with Gasteiger partial charge in [-0.15, -0.1) is 0 Å². The van der Waals surface area contributed by atoms with Crippen LogP contribution in [0.5, 0.6) is 0 Å². The summed E-state index contributed by atoms with van der Waals surface area (Å²) in [6, 6.07) is 5.00. The lowest BCUT2D eigenvalue weighted by Crippen LogP contribution is -2.34. The predicted molar refractivity (Wildman–Crippen MR) is 58.9 cm³/mol. The summed E-state index contributed by atoms with van der Waals surface area (Å²) in [7, 11) is 0. The summed E-state index contributed by atoms with van der Waals surface area (Å²) >= 11 is 0. The van der Waals surface area contributed by atoms with E-state index >= 15 is 0 Å². The van der Waals surface area contributed by atoms with E-state index in [0.717, 1.165) is 4.57 Å². The molecule has 0 saturated heterocycles. The number of hydrogen-bond donors (Lipinski definition) is 2. The van der Waals surface area contributed by atoms with Crippen LogP contribution in [0.15, 0.2) is 27.8 Å². The number of fused-ring (bicyclic) bond motifs is 1. The number of nitrogens with zero attached hydrogens (tertiary/aromatic N) is 1. The molecule has 3 N–H and O–H groups in total. The van der Waals surface area contributed by atoms with Gasteiger partial charge in [0.15, 0.2) is 0 Å². The Morgan fingerprint density at radius 2 is 2.13 bits per heavy atom. The summed E-state index contributed by atoms with van der Waals surface area (Å²) < 4.78 is 1.12. The normalized spacial score (nSPS) is 10.7. The van der Waals surface area contributed by atoms with Gasteiger partial charge in [0.1, 0.15) is 0 Å². The van der Waals surface area contributed by atoms with Crippen LogP contribution in [-0.4, -0.2) is 9.55 Å². The molecule has 0 unspecified atom stereocenters. The second-order valence-electron chi connectivity index (χ2n) is 3.25. The average molecular weight is 205 g/mol. The van der Waals surface area contributed by atoms with Crippen LogP contribution in [0, 0.1) is 0 Å². The summed E-state index contributed by atoms with van der Waals surface area (Å²) in [6.45, 7) is 2.07. The number of rotatable bonds is 1. The fraction of sp³-hybridized carbons (Fsp3) is 0.200. The van der Waals surface area contributed by atoms with E-state index in [9.17, 15) is 9.59 Å². The molecule has 1 aromatic heterocycles. The molecule has 2 aromatic rings. The summed E-state index contributed by atoms with van der Waals surface area (Å²) in [5, 5.41) is 0.374. The Balaban J connectivity index is 3.06. The number of nitrogens with one attached hydrogen (secondary N) is 1. The van der Waals surface area contributed by atoms with E-state index in [1.807, 2.05) is 0 Å². The van der Waals surface area contributed by atoms with Gasteiger partial charge in [0.25, 0.3) is 5.56 Å². The molecule has 5 heteroatoms. The van der Waals surface area contributed by atoms with Crippen molar-refractivity contribution in [3.63, 3.8) is 0 Å². The SMILES string of the molecule is CCn1c(=O)[nH]c2cccc(N)c2c1=O. The zero-order chi connectivity index (χ0) is 11.0. The fourth-order valence-electron chi connectivity index (χ4n) is 1.61. The Bertz CT molecular complexity index is 625. The van der Waals surface area contributed by atoms with Crippen molar-refractivity contribution >= 4 is 16.6 Å². The molecule has 0 aliphatic carbocycles. The number of aromatic nitrogens is 2. The molecule has 0 atom stereocenters. The van der Waals surface area contributed by atoms with Gasteiger partial charge in [-0.05, 0) is 19.1 Å². The first-order chi connectivity index (χ1) is 7.15. The van der Waals surface area contributed by atoms with Gasteiger partial charge in [-0.3, -0.25) is 9.36 Å². The molecule has 1 aromatic carbocycles. The molecule has 2 rings (SSSR count). The minimum absolute atomic E-state index is 0.332. The van der Waals surface area contributed by atoms with Crippen LogP contribution in [-0.2, 0) is 6.54 Å². The lowest BCUT2D eigenvalue weighted by atomic mass is 10.2. The largest absolute Gasteiger partial charge is 0.398 e. The zero-order valence-corrected chi connectivity index (χ0v) is 8.28. The molecule has 5 nitrogen and oxygen atoms in total. The van der Waals surface area contributed by atoms with Crippen LogP contribution in [0.1, 0.15) is 6.92 Å². The number of nitrogens with two attached hydrogens (primary N) is 1. The number of aromatic amines is 1. The van der Waals surface area contributed by atoms with Crippen molar-refractivity contribution in [3.8, 4) is 0 Å². The van der Waals surface area contributed by atoms with Gasteiger partial charge < -0.3 is 10.7 Å². The predicted octanol–water partition coefficient (Wildman–Crippen LogP) is 0.292. The molecule has 0 fully saturated rings. The number of nitrogen functional groups attached to an aromatic ring is 1. The number of anilines is 1. The molecule has 78 valence electrons. The van der Waals surface area contributed by atoms with Crippen LogP contribution in [0.2, 0.25) is 0 Å². The Morgan fingerprint density at radius 1 is 1.40 bits per heavy atom. The smallest absolute Gasteiger partial charge is 0.328 e. The van der Waals surface area contributed by atoms with E-state index in [1.54, 1.807) is 25.1 Å². The Morgan fingerprint density at radius 3 is 2.80 bits per heavy atom. The van der Waals surface area contributed by atoms with Crippen molar-refractivity contribution in [1.82, 2.24) is 9.55 Å². The van der Waals surface area contributed by atoms with Gasteiger partial charge >= 0.3 is 5.69 Å². The highest BCUT2D eigenvalue weighted by Gasteiger charge is 2.07. The quantitative estimate of drug-likeness (QED) is 0.656. The molecule has 0 aliphatic rings. The molecule has 0 aliphatic heterocycles. The second kappa shape index (κ2) is 3.27. The standard InChI is InChI=1S/C10H11N3O2/c1-2-13-9(14)8-6(11)4-3-5-7(8)12-10(13)15/h3-5H,2,11H2,1H3,(H,12,15). The van der Waals surface area contributed by atoms with Crippen LogP contribution in [0.4, 0.5) is 5.69 Å². The summed E-state index contributed by atoms with van der Waals surface area (Å²) in [5.41, 5.74) is 5.82. The average Bonchev–Trinajstić information content (AvgIpc) is 2.17. The van der Waals surface area contributed by atoms with E-state index < -0.39 is 5.69 Å². The molecule has 1 heterocycles. The molecule has 0 saturated carbocycles. The van der Waals surface area contributed by atoms with Gasteiger partial charge in [0.05, 0.1) is 10.9 Å². The molecule has 0 bridgehead atoms. The fourth-order valence-corrected chi connectivity index (χ4v) is 1.61. The summed E-state index contributed by atoms with van der Waals surface area (Å²) in [4.78, 5) is 25.9. The van der Waals surface area contributed by atoms with Crippen LogP contribution < -0.4 is 17.0 Å². The maximum absolute atomic E-state index is 11.9. The summed E-state index contributed by atoms with van der Waals surface area (Å²) in [5.74, 6) is 0. The number of benzene rings is 1. The third-order valence-electron chi connectivity index (χ3n) is 2.36. The van der Waals surface area contributed by atoms with Gasteiger partial charge in [0.2, 0.25) is 0 Å². The van der Waals surface area contributed by atoms with Crippen molar-refractivity contribution < 1.29 is 0 Å². The minimum Gasteiger partial charge on any atom is -0.398 e. The van der Waals surface area contributed by atoms with Crippen LogP contribution in [0.25, 0.3) is 10.9 Å². The first kappa shape index (κ1) is 9.51. The van der Waals surface area contributed by atoms with Gasteiger partial charge in [-0.1, -0.05) is 6.07 Å². The van der Waals surface area contributed by atoms with E-state index in [-0.39, 0.29) is 5.56 Å². The maximum atomic E-state index is 11.9. The number of hydrogen-bond acceptors (Lipinski definition) is 3. The molecule has 0 spiro atoms. The Labute approximate surface area is 85.2 Å². The van der Waals surface area contributed by atoms with E-state index in [4.69, 9.17) is 5.73 Å². The lowest BCUT2D eigenvalue weighted by Gasteiger charge is -2.04. The van der Waals surface area contributed by atoms with Crippen molar-refractivity contribution in [2.45, 2.75) is 13.5 Å². The first-order valence-electron chi connectivity index (χ1n) is 4.66. The highest BCUT2D eigenvalue weighted by atomic mass is 16.2. The monoisotopic (exact) mass is 205 g/mol. The van der Waals surface area contributed by atoms with E-state index in [2.05, 4.69) is 4.98 Å². The maximum Gasteiger partial charge on any atom is 0.328 e. The van der Waals surface area contributed by atoms with Crippen LogP contribution >= 0.6 is 0 Å². The molecule has 15 heavy (non-hydrogen) atoms. The third kappa shape index (κ3) is 1.32. The van der Waals surface area contributed by atoms with Gasteiger partial charge in [-0.25, -0.2) is 4.79 Å². The highest BCUT2D eigenvalue weighted by molar-refractivity contribution is 5.88. The molecular formula is C10H11N3O2. The topological polar surface area (TPSA) is 80.9 Å². The molecule has 0 amide bonds. The number of H-pyrrole nitrogens is 1. The third-order valence-corrected chi connectivity index (χ3v) is 2.36. The first-order valence-corrected chi connectivity index (χ1v) is 4.66. The van der Waals surface area contributed by atoms with Gasteiger partial charge in [0, 0.05) is 12.2 Å². The van der Waals surface area contributed by atoms with Crippen molar-refractivity contribution in [2.24, 2.45) is 0 Å². The molecule has 0 radical (unpaired) electrons. The second-order valence-corrected chi connectivity index (χ2v) is 3.25. The lowest BCUT2D eigenvalue weighted by molar-refractivity contribution is 0.684. The van der Waals surface area contributed by atoms with E-state index in [1.165, 1.54) is 0 Å². The Hall–Kier alpha value is -2.04. The van der Waals surface area contributed by atoms with Crippen molar-refractivity contribution in [1.29, 1.82) is 0 Å².